The predicted molar refractivity (Wildman–Crippen MR) is 163 cm³/mol. The summed E-state index contributed by atoms with van der Waals surface area (Å²) in [6.45, 7) is 8.20. The second-order valence-electron chi connectivity index (χ2n) is 10.6. The predicted octanol–water partition coefficient (Wildman–Crippen LogP) is 5.95. The Kier molecular flexibility index (Phi) is 9.01. The molecule has 1 aliphatic rings. The molecule has 2 aromatic carbocycles. The van der Waals surface area contributed by atoms with E-state index in [1.54, 1.807) is 29.9 Å². The number of halogens is 3. The van der Waals surface area contributed by atoms with Gasteiger partial charge in [-0.25, -0.2) is 14.8 Å². The van der Waals surface area contributed by atoms with Crippen LogP contribution in [0.5, 0.6) is 0 Å². The summed E-state index contributed by atoms with van der Waals surface area (Å²) in [5.41, 5.74) is 2.14. The molecular formula is C30H34F3N9O2. The number of alkyl halides is 3. The zero-order chi connectivity index (χ0) is 31.4. The highest BCUT2D eigenvalue weighted by Crippen LogP contribution is 2.33. The molecule has 0 unspecified atom stereocenters. The van der Waals surface area contributed by atoms with Gasteiger partial charge < -0.3 is 26.0 Å². The van der Waals surface area contributed by atoms with E-state index in [-0.39, 0.29) is 17.4 Å². The lowest BCUT2D eigenvalue weighted by molar-refractivity contribution is -0.138. The fourth-order valence-electron chi connectivity index (χ4n) is 4.90. The maximum atomic E-state index is 13.3. The number of anilines is 5. The van der Waals surface area contributed by atoms with Gasteiger partial charge in [-0.3, -0.25) is 4.90 Å². The first-order valence-corrected chi connectivity index (χ1v) is 14.0. The molecule has 0 bridgehead atoms. The SMILES string of the molecule is CNc1cc(-n2nc(CN3CCO[C@H](C)C3)cc2Nc2cc(NC(=O)Nc3ccc(C)c(C(F)(F)F)c3)ccc2C)ncn1. The fourth-order valence-corrected chi connectivity index (χ4v) is 4.90. The largest absolute Gasteiger partial charge is 0.416 e. The first-order valence-electron chi connectivity index (χ1n) is 14.0. The highest BCUT2D eigenvalue weighted by molar-refractivity contribution is 6.00. The third-order valence-corrected chi connectivity index (χ3v) is 7.16. The molecule has 11 nitrogen and oxygen atoms in total. The molecule has 2 aromatic heterocycles. The minimum Gasteiger partial charge on any atom is -0.376 e. The number of rotatable bonds is 8. The Morgan fingerprint density at radius 1 is 1.02 bits per heavy atom. The Morgan fingerprint density at radius 2 is 1.75 bits per heavy atom. The fraction of sp³-hybridized carbons (Fsp3) is 0.333. The maximum Gasteiger partial charge on any atom is 0.416 e. The Bertz CT molecular complexity index is 1640. The lowest BCUT2D eigenvalue weighted by Crippen LogP contribution is -2.40. The van der Waals surface area contributed by atoms with E-state index in [4.69, 9.17) is 9.84 Å². The zero-order valence-corrected chi connectivity index (χ0v) is 24.8. The number of urea groups is 1. The number of hydrogen-bond donors (Lipinski definition) is 4. The van der Waals surface area contributed by atoms with Crippen molar-refractivity contribution < 1.29 is 22.7 Å². The third-order valence-electron chi connectivity index (χ3n) is 7.16. The summed E-state index contributed by atoms with van der Waals surface area (Å²) in [6.07, 6.45) is -2.93. The van der Waals surface area contributed by atoms with Crippen LogP contribution in [0.2, 0.25) is 0 Å². The molecule has 4 N–H and O–H groups in total. The number of carbonyl (C=O) groups is 1. The molecule has 2 amide bonds. The van der Waals surface area contributed by atoms with Crippen LogP contribution in [-0.2, 0) is 17.5 Å². The van der Waals surface area contributed by atoms with E-state index in [0.29, 0.717) is 42.0 Å². The van der Waals surface area contributed by atoms with Crippen LogP contribution in [0, 0.1) is 13.8 Å². The lowest BCUT2D eigenvalue weighted by Gasteiger charge is -2.30. The van der Waals surface area contributed by atoms with Gasteiger partial charge in [0.15, 0.2) is 5.82 Å². The van der Waals surface area contributed by atoms with Crippen molar-refractivity contribution in [1.29, 1.82) is 0 Å². The molecule has 0 aliphatic carbocycles. The smallest absolute Gasteiger partial charge is 0.376 e. The van der Waals surface area contributed by atoms with Gasteiger partial charge in [0.25, 0.3) is 0 Å². The van der Waals surface area contributed by atoms with E-state index < -0.39 is 17.8 Å². The number of benzene rings is 2. The molecule has 5 rings (SSSR count). The van der Waals surface area contributed by atoms with Crippen LogP contribution in [0.3, 0.4) is 0 Å². The Labute approximate surface area is 252 Å². The Morgan fingerprint density at radius 3 is 2.45 bits per heavy atom. The van der Waals surface area contributed by atoms with Crippen LogP contribution in [0.25, 0.3) is 5.82 Å². The summed E-state index contributed by atoms with van der Waals surface area (Å²) < 4.78 is 47.3. The summed E-state index contributed by atoms with van der Waals surface area (Å²) in [4.78, 5) is 23.6. The average Bonchev–Trinajstić information content (AvgIpc) is 3.37. The Balaban J connectivity index is 1.37. The molecule has 1 aliphatic heterocycles. The number of ether oxygens (including phenoxy) is 1. The number of aryl methyl sites for hydroxylation is 2. The topological polar surface area (TPSA) is 121 Å². The number of hydrogen-bond acceptors (Lipinski definition) is 8. The van der Waals surface area contributed by atoms with Gasteiger partial charge in [-0.2, -0.15) is 23.0 Å². The molecule has 1 saturated heterocycles. The molecular weight excluding hydrogens is 575 g/mol. The molecule has 232 valence electrons. The van der Waals surface area contributed by atoms with E-state index in [1.807, 2.05) is 26.0 Å². The molecule has 4 aromatic rings. The van der Waals surface area contributed by atoms with Crippen LogP contribution < -0.4 is 21.3 Å². The van der Waals surface area contributed by atoms with Crippen LogP contribution in [0.1, 0.15) is 29.3 Å². The van der Waals surface area contributed by atoms with Crippen LogP contribution in [0.15, 0.2) is 54.9 Å². The molecule has 1 fully saturated rings. The molecule has 0 radical (unpaired) electrons. The van der Waals surface area contributed by atoms with E-state index in [1.165, 1.54) is 25.4 Å². The number of nitrogens with zero attached hydrogens (tertiary/aromatic N) is 5. The highest BCUT2D eigenvalue weighted by atomic mass is 19.4. The number of nitrogens with one attached hydrogen (secondary N) is 4. The normalized spacial score (nSPS) is 15.6. The van der Waals surface area contributed by atoms with E-state index in [2.05, 4.69) is 36.1 Å². The average molecular weight is 610 g/mol. The van der Waals surface area contributed by atoms with Crippen molar-refractivity contribution in [2.45, 2.75) is 39.6 Å². The quantitative estimate of drug-likeness (QED) is 0.194. The number of carbonyl (C=O) groups excluding carboxylic acids is 1. The number of morpholine rings is 1. The first kappa shape index (κ1) is 30.8. The van der Waals surface area contributed by atoms with E-state index in [9.17, 15) is 18.0 Å². The second kappa shape index (κ2) is 12.9. The number of amides is 2. The Hall–Kier alpha value is -4.69. The highest BCUT2D eigenvalue weighted by Gasteiger charge is 2.32. The second-order valence-corrected chi connectivity index (χ2v) is 10.6. The number of aromatic nitrogens is 4. The summed E-state index contributed by atoms with van der Waals surface area (Å²) in [5, 5.41) is 16.5. The van der Waals surface area contributed by atoms with E-state index >= 15 is 0 Å². The van der Waals surface area contributed by atoms with Crippen LogP contribution in [0.4, 0.5) is 46.7 Å². The van der Waals surface area contributed by atoms with E-state index in [0.717, 1.165) is 30.4 Å². The minimum atomic E-state index is -4.52. The van der Waals surface area contributed by atoms with Gasteiger partial charge in [-0.05, 0) is 56.2 Å². The molecule has 14 heteroatoms. The van der Waals surface area contributed by atoms with Crippen molar-refractivity contribution >= 4 is 34.7 Å². The standard InChI is InChI=1S/C30H34F3N9O2/c1-18-5-7-21(11-24(18)30(31,32)33)37-29(43)38-22-8-6-19(2)25(12-22)39-28-13-23(16-41-9-10-44-20(3)15-41)40-42(28)27-14-26(34-4)35-17-36-27/h5-8,11-14,17,20,39H,9-10,15-16H2,1-4H3,(H,34,35,36)(H2,37,38,43)/t20-/m1/s1. The van der Waals surface area contributed by atoms with Crippen LogP contribution >= 0.6 is 0 Å². The molecule has 0 spiro atoms. The van der Waals surface area contributed by atoms with Gasteiger partial charge in [-0.1, -0.05) is 12.1 Å². The van der Waals surface area contributed by atoms with Gasteiger partial charge in [-0.15, -0.1) is 0 Å². The van der Waals surface area contributed by atoms with Crippen molar-refractivity contribution in [2.75, 3.05) is 48.0 Å². The van der Waals surface area contributed by atoms with Crippen molar-refractivity contribution in [2.24, 2.45) is 0 Å². The third kappa shape index (κ3) is 7.44. The van der Waals surface area contributed by atoms with Crippen molar-refractivity contribution in [3.8, 4) is 5.82 Å². The van der Waals surface area contributed by atoms with Gasteiger partial charge >= 0.3 is 12.2 Å². The zero-order valence-electron chi connectivity index (χ0n) is 24.8. The van der Waals surface area contributed by atoms with Gasteiger partial charge in [0.05, 0.1) is 24.0 Å². The molecule has 3 heterocycles. The summed E-state index contributed by atoms with van der Waals surface area (Å²) in [7, 11) is 1.77. The summed E-state index contributed by atoms with van der Waals surface area (Å²) in [6, 6.07) is 12.0. The first-order chi connectivity index (χ1) is 21.0. The van der Waals surface area contributed by atoms with Crippen molar-refractivity contribution in [1.82, 2.24) is 24.6 Å². The minimum absolute atomic E-state index is 0.0303. The van der Waals surface area contributed by atoms with Gasteiger partial charge in [0.2, 0.25) is 0 Å². The molecule has 0 saturated carbocycles. The van der Waals surface area contributed by atoms with Crippen LogP contribution in [-0.4, -0.2) is 63.5 Å². The monoisotopic (exact) mass is 609 g/mol. The summed E-state index contributed by atoms with van der Waals surface area (Å²) in [5.74, 6) is 1.83. The van der Waals surface area contributed by atoms with Crippen molar-refractivity contribution in [3.05, 3.63) is 77.2 Å². The maximum absolute atomic E-state index is 13.3. The lowest BCUT2D eigenvalue weighted by atomic mass is 10.1. The van der Waals surface area contributed by atoms with Gasteiger partial charge in [0, 0.05) is 55.9 Å². The van der Waals surface area contributed by atoms with Crippen molar-refractivity contribution in [3.63, 3.8) is 0 Å². The molecule has 1 atom stereocenters. The molecule has 44 heavy (non-hydrogen) atoms. The summed E-state index contributed by atoms with van der Waals surface area (Å²) >= 11 is 0. The van der Waals surface area contributed by atoms with Gasteiger partial charge in [0.1, 0.15) is 18.0 Å².